The molecule has 1 N–H and O–H groups in total. The Kier molecular flexibility index (Phi) is 6.37. The van der Waals surface area contributed by atoms with E-state index in [4.69, 9.17) is 9.47 Å². The number of benzene rings is 2. The number of hydrogen-bond acceptors (Lipinski definition) is 4. The second-order valence-corrected chi connectivity index (χ2v) is 10.0. The van der Waals surface area contributed by atoms with Gasteiger partial charge in [-0.2, -0.15) is 0 Å². The van der Waals surface area contributed by atoms with E-state index in [-0.39, 0.29) is 17.5 Å². The molecule has 4 atom stereocenters. The highest BCUT2D eigenvalue weighted by Crippen LogP contribution is 2.59. The lowest BCUT2D eigenvalue weighted by molar-refractivity contribution is -0.148. The van der Waals surface area contributed by atoms with E-state index < -0.39 is 16.9 Å². The van der Waals surface area contributed by atoms with Gasteiger partial charge in [0.2, 0.25) is 0 Å². The molecule has 0 aliphatic heterocycles. The summed E-state index contributed by atoms with van der Waals surface area (Å²) in [5.74, 6) is 1.21. The fraction of sp³-hybridized carbons (Fsp3) is 0.464. The molecule has 0 saturated heterocycles. The van der Waals surface area contributed by atoms with Crippen molar-refractivity contribution in [3.63, 3.8) is 0 Å². The minimum absolute atomic E-state index is 0.0452. The van der Waals surface area contributed by atoms with E-state index in [9.17, 15) is 14.3 Å². The monoisotopic (exact) mass is 452 g/mol. The van der Waals surface area contributed by atoms with Gasteiger partial charge in [-0.15, -0.1) is 0 Å². The Labute approximate surface area is 195 Å². The summed E-state index contributed by atoms with van der Waals surface area (Å²) in [6.45, 7) is 4.16. The van der Waals surface area contributed by atoms with Crippen LogP contribution in [0.5, 0.6) is 11.5 Å². The van der Waals surface area contributed by atoms with Crippen molar-refractivity contribution in [2.75, 3.05) is 14.2 Å². The highest BCUT2D eigenvalue weighted by molar-refractivity contribution is 6.04. The topological polar surface area (TPSA) is 55.8 Å². The molecule has 0 amide bonds. The van der Waals surface area contributed by atoms with Crippen molar-refractivity contribution >= 4 is 11.9 Å². The van der Waals surface area contributed by atoms with Gasteiger partial charge >= 0.3 is 0 Å². The number of hydrogen-bond donors (Lipinski definition) is 1. The molecule has 5 heteroatoms. The van der Waals surface area contributed by atoms with Crippen molar-refractivity contribution < 1.29 is 23.8 Å². The zero-order valence-electron chi connectivity index (χ0n) is 19.9. The van der Waals surface area contributed by atoms with E-state index >= 15 is 0 Å². The second kappa shape index (κ2) is 8.94. The molecule has 2 fully saturated rings. The third-order valence-electron chi connectivity index (χ3n) is 7.87. The first-order valence-corrected chi connectivity index (χ1v) is 11.6. The van der Waals surface area contributed by atoms with Gasteiger partial charge in [-0.1, -0.05) is 32.4 Å². The standard InChI is InChI=1S/C28H33FO4/c1-27-17-20(12-18-8-10-21(29)11-9-18)26(31)28(2,24(27)6-5-7-25(27)30)16-19-13-22(32-3)15-23(14-19)33-4/h8-15,24-25,30H,5-7,16-17H2,1-4H3/t24?,25-,27-,28?/m0/s1. The van der Waals surface area contributed by atoms with E-state index in [0.29, 0.717) is 29.9 Å². The fourth-order valence-electron chi connectivity index (χ4n) is 6.18. The van der Waals surface area contributed by atoms with E-state index in [1.54, 1.807) is 26.4 Å². The van der Waals surface area contributed by atoms with Crippen molar-refractivity contribution in [2.24, 2.45) is 16.7 Å². The average Bonchev–Trinajstić information content (AvgIpc) is 2.80. The number of rotatable bonds is 5. The molecular formula is C28H33FO4. The summed E-state index contributed by atoms with van der Waals surface area (Å²) in [5.41, 5.74) is 1.34. The molecule has 4 nitrogen and oxygen atoms in total. The number of fused-ring (bicyclic) bond motifs is 1. The lowest BCUT2D eigenvalue weighted by atomic mass is 9.47. The van der Waals surface area contributed by atoms with Crippen molar-refractivity contribution in [3.05, 3.63) is 65.0 Å². The van der Waals surface area contributed by atoms with Gasteiger partial charge in [-0.05, 0) is 78.6 Å². The summed E-state index contributed by atoms with van der Waals surface area (Å²) < 4.78 is 24.3. The van der Waals surface area contributed by atoms with E-state index in [1.807, 2.05) is 31.2 Å². The molecule has 2 aromatic carbocycles. The third kappa shape index (κ3) is 4.31. The van der Waals surface area contributed by atoms with Crippen molar-refractivity contribution in [1.82, 2.24) is 0 Å². The average molecular weight is 453 g/mol. The predicted molar refractivity (Wildman–Crippen MR) is 127 cm³/mol. The van der Waals surface area contributed by atoms with Crippen LogP contribution < -0.4 is 9.47 Å². The van der Waals surface area contributed by atoms with Crippen LogP contribution in [0.4, 0.5) is 4.39 Å². The van der Waals surface area contributed by atoms with Crippen LogP contribution in [0.15, 0.2) is 48.0 Å². The van der Waals surface area contributed by atoms with Gasteiger partial charge < -0.3 is 14.6 Å². The first kappa shape index (κ1) is 23.5. The van der Waals surface area contributed by atoms with Crippen LogP contribution in [0.25, 0.3) is 6.08 Å². The number of allylic oxidation sites excluding steroid dienone is 1. The molecule has 2 aliphatic carbocycles. The zero-order chi connectivity index (χ0) is 23.8. The third-order valence-corrected chi connectivity index (χ3v) is 7.87. The van der Waals surface area contributed by atoms with Crippen LogP contribution in [0.1, 0.15) is 50.7 Å². The van der Waals surface area contributed by atoms with E-state index in [2.05, 4.69) is 6.92 Å². The maximum atomic E-state index is 14.0. The summed E-state index contributed by atoms with van der Waals surface area (Å²) >= 11 is 0. The Balaban J connectivity index is 1.80. The Morgan fingerprint density at radius 3 is 2.30 bits per heavy atom. The molecule has 4 rings (SSSR count). The first-order valence-electron chi connectivity index (χ1n) is 11.6. The number of ether oxygens (including phenoxy) is 2. The Bertz CT molecular complexity index is 1040. The summed E-state index contributed by atoms with van der Waals surface area (Å²) in [4.78, 5) is 14.0. The summed E-state index contributed by atoms with van der Waals surface area (Å²) in [7, 11) is 3.23. The zero-order valence-corrected chi connectivity index (χ0v) is 19.9. The quantitative estimate of drug-likeness (QED) is 0.599. The number of Topliss-reactive ketones (excluding diaryl/α,β-unsaturated/α-hetero) is 1. The minimum Gasteiger partial charge on any atom is -0.497 e. The van der Waals surface area contributed by atoms with Gasteiger partial charge in [0.15, 0.2) is 5.78 Å². The molecule has 0 bridgehead atoms. The Morgan fingerprint density at radius 2 is 1.70 bits per heavy atom. The molecular weight excluding hydrogens is 419 g/mol. The number of halogens is 1. The van der Waals surface area contributed by atoms with Gasteiger partial charge in [-0.3, -0.25) is 4.79 Å². The lowest BCUT2D eigenvalue weighted by Crippen LogP contribution is -2.57. The number of aliphatic hydroxyl groups is 1. The predicted octanol–water partition coefficient (Wildman–Crippen LogP) is 5.62. The van der Waals surface area contributed by atoms with E-state index in [1.165, 1.54) is 12.1 Å². The Morgan fingerprint density at radius 1 is 1.06 bits per heavy atom. The molecule has 0 aromatic heterocycles. The van der Waals surface area contributed by atoms with Gasteiger partial charge in [0.1, 0.15) is 17.3 Å². The number of carbonyl (C=O) groups excluding carboxylic acids is 1. The number of carbonyl (C=O) groups is 1. The molecule has 33 heavy (non-hydrogen) atoms. The fourth-order valence-corrected chi connectivity index (χ4v) is 6.18. The van der Waals surface area contributed by atoms with Gasteiger partial charge in [0.25, 0.3) is 0 Å². The molecule has 2 saturated carbocycles. The van der Waals surface area contributed by atoms with Gasteiger partial charge in [0, 0.05) is 16.9 Å². The number of aliphatic hydroxyl groups excluding tert-OH is 1. The molecule has 0 spiro atoms. The summed E-state index contributed by atoms with van der Waals surface area (Å²) in [5, 5.41) is 11.1. The van der Waals surface area contributed by atoms with Gasteiger partial charge in [-0.25, -0.2) is 4.39 Å². The van der Waals surface area contributed by atoms with E-state index in [0.717, 1.165) is 30.4 Å². The van der Waals surface area contributed by atoms with Crippen LogP contribution in [0.3, 0.4) is 0 Å². The molecule has 0 heterocycles. The Hall–Kier alpha value is -2.66. The van der Waals surface area contributed by atoms with Crippen LogP contribution in [-0.4, -0.2) is 31.2 Å². The second-order valence-electron chi connectivity index (χ2n) is 10.0. The van der Waals surface area contributed by atoms with Crippen LogP contribution >= 0.6 is 0 Å². The largest absolute Gasteiger partial charge is 0.497 e. The summed E-state index contributed by atoms with van der Waals surface area (Å²) in [6, 6.07) is 11.9. The smallest absolute Gasteiger partial charge is 0.165 e. The van der Waals surface area contributed by atoms with Crippen molar-refractivity contribution in [2.45, 2.75) is 52.1 Å². The number of methoxy groups -OCH3 is 2. The maximum absolute atomic E-state index is 14.0. The number of ketones is 1. The van der Waals surface area contributed by atoms with Gasteiger partial charge in [0.05, 0.1) is 20.3 Å². The normalized spacial score (nSPS) is 30.7. The molecule has 0 radical (unpaired) electrons. The van der Waals surface area contributed by atoms with Crippen molar-refractivity contribution in [1.29, 1.82) is 0 Å². The SMILES string of the molecule is COc1cc(CC2(C)C(=O)C(=Cc3ccc(F)cc3)C[C@@]3(C)C2CCC[C@@H]3O)cc(OC)c1. The summed E-state index contributed by atoms with van der Waals surface area (Å²) in [6.07, 6.45) is 4.99. The molecule has 2 aliphatic rings. The van der Waals surface area contributed by atoms with Crippen molar-refractivity contribution in [3.8, 4) is 11.5 Å². The van der Waals surface area contributed by atoms with Crippen LogP contribution in [0, 0.1) is 22.6 Å². The molecule has 2 aromatic rings. The maximum Gasteiger partial charge on any atom is 0.165 e. The first-order chi connectivity index (χ1) is 15.7. The lowest BCUT2D eigenvalue weighted by Gasteiger charge is -2.56. The highest BCUT2D eigenvalue weighted by atomic mass is 19.1. The van der Waals surface area contributed by atoms with Crippen LogP contribution in [-0.2, 0) is 11.2 Å². The molecule has 176 valence electrons. The van der Waals surface area contributed by atoms with Crippen LogP contribution in [0.2, 0.25) is 0 Å². The molecule has 2 unspecified atom stereocenters. The minimum atomic E-state index is -0.697. The highest BCUT2D eigenvalue weighted by Gasteiger charge is 2.58.